The number of carbonyl (C=O) groups is 1. The van der Waals surface area contributed by atoms with Crippen LogP contribution in [0.15, 0.2) is 66.9 Å². The Hall–Kier alpha value is -3.72. The number of aromatic nitrogens is 1. The molecule has 0 unspecified atom stereocenters. The zero-order valence-electron chi connectivity index (χ0n) is 14.5. The number of rotatable bonds is 2. The Morgan fingerprint density at radius 2 is 1.64 bits per heavy atom. The van der Waals surface area contributed by atoms with Crippen LogP contribution < -0.4 is 5.32 Å². The first-order valence-electron chi connectivity index (χ1n) is 8.56. The highest BCUT2D eigenvalue weighted by Crippen LogP contribution is 2.38. The van der Waals surface area contributed by atoms with Crippen LogP contribution in [0.25, 0.3) is 0 Å². The quantitative estimate of drug-likeness (QED) is 0.536. The fourth-order valence-electron chi connectivity index (χ4n) is 3.03. The molecule has 1 N–H and O–H groups in total. The lowest BCUT2D eigenvalue weighted by molar-refractivity contribution is 0.129. The highest BCUT2D eigenvalue weighted by molar-refractivity contribution is 5.71. The summed E-state index contributed by atoms with van der Waals surface area (Å²) in [5.41, 5.74) is 1.51. The second-order valence-corrected chi connectivity index (χ2v) is 6.19. The number of cyclic esters (lactones) is 1. The normalized spacial score (nSPS) is 18.0. The fraction of sp³-hybridized carbons (Fsp3) is 0.0909. The minimum atomic E-state index is -1.01. The van der Waals surface area contributed by atoms with Crippen LogP contribution in [0.4, 0.5) is 13.6 Å². The molecule has 3 aromatic rings. The summed E-state index contributed by atoms with van der Waals surface area (Å²) in [6, 6.07) is 15.8. The zero-order valence-corrected chi connectivity index (χ0v) is 14.5. The average molecular weight is 376 g/mol. The molecule has 2 heterocycles. The fourth-order valence-corrected chi connectivity index (χ4v) is 3.03. The van der Waals surface area contributed by atoms with Crippen LogP contribution in [0.1, 0.15) is 34.4 Å². The molecule has 1 aromatic heterocycles. The van der Waals surface area contributed by atoms with Gasteiger partial charge in [-0.1, -0.05) is 48.2 Å². The van der Waals surface area contributed by atoms with Crippen molar-refractivity contribution in [1.82, 2.24) is 10.3 Å². The van der Waals surface area contributed by atoms with E-state index in [-0.39, 0.29) is 11.1 Å². The van der Waals surface area contributed by atoms with Crippen LogP contribution in [0.2, 0.25) is 0 Å². The topological polar surface area (TPSA) is 51.2 Å². The SMILES string of the molecule is O=C1N[C@@H](c2cc(C#Cc3ccccc3)cnc2F)[C@H](c2ccccc2F)O1. The summed E-state index contributed by atoms with van der Waals surface area (Å²) in [6.45, 7) is 0. The molecule has 0 saturated carbocycles. The number of carbonyl (C=O) groups excluding carboxylic acids is 1. The number of benzene rings is 2. The van der Waals surface area contributed by atoms with Gasteiger partial charge in [0, 0.05) is 28.5 Å². The Morgan fingerprint density at radius 1 is 0.929 bits per heavy atom. The van der Waals surface area contributed by atoms with E-state index in [2.05, 4.69) is 22.1 Å². The zero-order chi connectivity index (χ0) is 19.5. The van der Waals surface area contributed by atoms with Crippen molar-refractivity contribution < 1.29 is 18.3 Å². The van der Waals surface area contributed by atoms with Gasteiger partial charge in [-0.05, 0) is 24.3 Å². The van der Waals surface area contributed by atoms with Gasteiger partial charge >= 0.3 is 6.09 Å². The highest BCUT2D eigenvalue weighted by Gasteiger charge is 2.39. The van der Waals surface area contributed by atoms with Gasteiger partial charge in [0.1, 0.15) is 11.9 Å². The number of nitrogens with zero attached hydrogens (tertiary/aromatic N) is 1. The molecular weight excluding hydrogens is 362 g/mol. The van der Waals surface area contributed by atoms with Gasteiger partial charge in [0.2, 0.25) is 5.95 Å². The molecule has 1 aliphatic heterocycles. The highest BCUT2D eigenvalue weighted by atomic mass is 19.1. The molecule has 0 bridgehead atoms. The summed E-state index contributed by atoms with van der Waals surface area (Å²) in [7, 11) is 0. The summed E-state index contributed by atoms with van der Waals surface area (Å²) in [6.07, 6.45) is -0.453. The monoisotopic (exact) mass is 376 g/mol. The first kappa shape index (κ1) is 17.7. The molecule has 2 atom stereocenters. The van der Waals surface area contributed by atoms with Crippen molar-refractivity contribution in [3.63, 3.8) is 0 Å². The second-order valence-electron chi connectivity index (χ2n) is 6.19. The number of amides is 1. The van der Waals surface area contributed by atoms with Gasteiger partial charge in [-0.3, -0.25) is 0 Å². The van der Waals surface area contributed by atoms with Crippen LogP contribution >= 0.6 is 0 Å². The predicted octanol–water partition coefficient (Wildman–Crippen LogP) is 4.28. The van der Waals surface area contributed by atoms with E-state index in [9.17, 15) is 13.6 Å². The molecule has 4 rings (SSSR count). The van der Waals surface area contributed by atoms with Crippen LogP contribution in [-0.4, -0.2) is 11.1 Å². The molecule has 0 spiro atoms. The molecule has 28 heavy (non-hydrogen) atoms. The van der Waals surface area contributed by atoms with Crippen molar-refractivity contribution in [3.8, 4) is 11.8 Å². The molecule has 1 saturated heterocycles. The van der Waals surface area contributed by atoms with E-state index in [4.69, 9.17) is 4.74 Å². The van der Waals surface area contributed by atoms with E-state index < -0.39 is 30.0 Å². The number of hydrogen-bond donors (Lipinski definition) is 1. The lowest BCUT2D eigenvalue weighted by Gasteiger charge is -2.18. The number of pyridine rings is 1. The van der Waals surface area contributed by atoms with Crippen molar-refractivity contribution >= 4 is 6.09 Å². The lowest BCUT2D eigenvalue weighted by atomic mass is 9.96. The first-order chi connectivity index (χ1) is 13.6. The Bertz CT molecular complexity index is 1090. The largest absolute Gasteiger partial charge is 0.439 e. The van der Waals surface area contributed by atoms with Crippen molar-refractivity contribution in [2.24, 2.45) is 0 Å². The van der Waals surface area contributed by atoms with Crippen molar-refractivity contribution in [2.75, 3.05) is 0 Å². The van der Waals surface area contributed by atoms with E-state index >= 15 is 0 Å². The standard InChI is InChI=1S/C22H14F2N2O2/c23-18-9-5-4-8-16(18)20-19(26-22(27)28-20)17-12-15(13-25-21(17)24)11-10-14-6-2-1-3-7-14/h1-9,12-13,19-20H,(H,26,27)/t19-,20-/m0/s1. The molecular formula is C22H14F2N2O2. The van der Waals surface area contributed by atoms with Crippen LogP contribution in [0, 0.1) is 23.6 Å². The minimum Gasteiger partial charge on any atom is -0.439 e. The molecule has 1 fully saturated rings. The number of hydrogen-bond acceptors (Lipinski definition) is 3. The first-order valence-corrected chi connectivity index (χ1v) is 8.56. The Labute approximate surface area is 160 Å². The van der Waals surface area contributed by atoms with Gasteiger partial charge in [0.25, 0.3) is 0 Å². The maximum absolute atomic E-state index is 14.4. The summed E-state index contributed by atoms with van der Waals surface area (Å²) < 4.78 is 33.8. The number of alkyl carbamates (subject to hydrolysis) is 1. The maximum atomic E-state index is 14.4. The summed E-state index contributed by atoms with van der Waals surface area (Å²) in [4.78, 5) is 15.5. The molecule has 1 amide bonds. The van der Waals surface area contributed by atoms with Gasteiger partial charge in [0.05, 0.1) is 0 Å². The van der Waals surface area contributed by atoms with E-state index in [1.807, 2.05) is 30.3 Å². The Balaban J connectivity index is 1.71. The Morgan fingerprint density at radius 3 is 2.43 bits per heavy atom. The average Bonchev–Trinajstić information content (AvgIpc) is 3.09. The third kappa shape index (κ3) is 3.55. The van der Waals surface area contributed by atoms with Crippen molar-refractivity contribution in [3.05, 3.63) is 101 Å². The molecule has 6 heteroatoms. The van der Waals surface area contributed by atoms with E-state index in [1.165, 1.54) is 30.5 Å². The maximum Gasteiger partial charge on any atom is 0.408 e. The molecule has 138 valence electrons. The number of halogens is 2. The second kappa shape index (κ2) is 7.49. The van der Waals surface area contributed by atoms with Crippen LogP contribution in [0.5, 0.6) is 0 Å². The van der Waals surface area contributed by atoms with Crippen LogP contribution in [-0.2, 0) is 4.74 Å². The molecule has 4 nitrogen and oxygen atoms in total. The molecule has 0 radical (unpaired) electrons. The van der Waals surface area contributed by atoms with Crippen LogP contribution in [0.3, 0.4) is 0 Å². The summed E-state index contributed by atoms with van der Waals surface area (Å²) in [5.74, 6) is 4.58. The van der Waals surface area contributed by atoms with E-state index in [1.54, 1.807) is 6.07 Å². The molecule has 1 aliphatic rings. The molecule has 0 aliphatic carbocycles. The Kier molecular flexibility index (Phi) is 4.73. The van der Waals surface area contributed by atoms with Gasteiger partial charge < -0.3 is 10.1 Å². The number of nitrogens with one attached hydrogen (secondary N) is 1. The lowest BCUT2D eigenvalue weighted by Crippen LogP contribution is -2.21. The van der Waals surface area contributed by atoms with E-state index in [0.717, 1.165) is 5.56 Å². The number of ether oxygens (including phenoxy) is 1. The third-order valence-corrected chi connectivity index (χ3v) is 4.35. The van der Waals surface area contributed by atoms with Gasteiger partial charge in [-0.25, -0.2) is 14.2 Å². The smallest absolute Gasteiger partial charge is 0.408 e. The predicted molar refractivity (Wildman–Crippen MR) is 98.1 cm³/mol. The van der Waals surface area contributed by atoms with Gasteiger partial charge in [-0.15, -0.1) is 0 Å². The minimum absolute atomic E-state index is 0.0824. The van der Waals surface area contributed by atoms with Gasteiger partial charge in [0.15, 0.2) is 6.10 Å². The summed E-state index contributed by atoms with van der Waals surface area (Å²) in [5, 5.41) is 2.53. The van der Waals surface area contributed by atoms with Crippen molar-refractivity contribution in [1.29, 1.82) is 0 Å². The third-order valence-electron chi connectivity index (χ3n) is 4.35. The van der Waals surface area contributed by atoms with E-state index in [0.29, 0.717) is 5.56 Å². The summed E-state index contributed by atoms with van der Waals surface area (Å²) >= 11 is 0. The molecule has 2 aromatic carbocycles. The van der Waals surface area contributed by atoms with Crippen molar-refractivity contribution in [2.45, 2.75) is 12.1 Å². The van der Waals surface area contributed by atoms with Gasteiger partial charge in [-0.2, -0.15) is 4.39 Å².